The van der Waals surface area contributed by atoms with Crippen LogP contribution in [0.4, 0.5) is 17.6 Å². The lowest BCUT2D eigenvalue weighted by molar-refractivity contribution is -0.139. The number of carboxylic acids is 1. The monoisotopic (exact) mass is 423 g/mol. The van der Waals surface area contributed by atoms with Crippen molar-refractivity contribution in [2.24, 2.45) is 0 Å². The summed E-state index contributed by atoms with van der Waals surface area (Å²) in [6.07, 6.45) is -4.23. The van der Waals surface area contributed by atoms with Gasteiger partial charge in [-0.3, -0.25) is 9.36 Å². The van der Waals surface area contributed by atoms with E-state index < -0.39 is 46.4 Å². The minimum absolute atomic E-state index is 0.335. The summed E-state index contributed by atoms with van der Waals surface area (Å²) in [6.45, 7) is 0. The number of aliphatic carboxylic acids is 1. The first-order valence-electron chi connectivity index (χ1n) is 6.62. The standard InChI is InChI=1S/C15H10BrF4NO4/c1-25-12-9(15(18,19)20)4-5-21(13(12)22)11(14(23)24)8-6-7(16)2-3-10(8)17/h2-6,11H,1H3,(H,23,24). The molecule has 0 aliphatic rings. The van der Waals surface area contributed by atoms with Gasteiger partial charge in [-0.25, -0.2) is 9.18 Å². The van der Waals surface area contributed by atoms with Gasteiger partial charge in [0, 0.05) is 16.2 Å². The Labute approximate surface area is 146 Å². The molecule has 0 saturated heterocycles. The quantitative estimate of drug-likeness (QED) is 0.764. The van der Waals surface area contributed by atoms with Crippen LogP contribution in [-0.4, -0.2) is 22.8 Å². The van der Waals surface area contributed by atoms with Crippen LogP contribution < -0.4 is 10.3 Å². The second-order valence-electron chi connectivity index (χ2n) is 4.88. The van der Waals surface area contributed by atoms with Crippen LogP contribution in [0, 0.1) is 5.82 Å². The number of alkyl halides is 3. The lowest BCUT2D eigenvalue weighted by atomic mass is 10.1. The fourth-order valence-corrected chi connectivity index (χ4v) is 2.66. The summed E-state index contributed by atoms with van der Waals surface area (Å²) in [5, 5.41) is 9.41. The zero-order chi connectivity index (χ0) is 18.9. The highest BCUT2D eigenvalue weighted by molar-refractivity contribution is 9.10. The first-order chi connectivity index (χ1) is 11.6. The van der Waals surface area contributed by atoms with E-state index >= 15 is 0 Å². The van der Waals surface area contributed by atoms with E-state index in [9.17, 15) is 32.3 Å². The second kappa shape index (κ2) is 6.87. The Bertz CT molecular complexity index is 879. The number of pyridine rings is 1. The summed E-state index contributed by atoms with van der Waals surface area (Å²) in [6, 6.07) is 2.05. The number of hydrogen-bond donors (Lipinski definition) is 1. The zero-order valence-electron chi connectivity index (χ0n) is 12.5. The Morgan fingerprint density at radius 2 is 1.96 bits per heavy atom. The molecule has 1 N–H and O–H groups in total. The molecule has 1 aromatic heterocycles. The molecule has 0 aliphatic heterocycles. The van der Waals surface area contributed by atoms with Gasteiger partial charge in [0.15, 0.2) is 11.8 Å². The van der Waals surface area contributed by atoms with Crippen LogP contribution in [0.1, 0.15) is 17.2 Å². The topological polar surface area (TPSA) is 68.5 Å². The predicted molar refractivity (Wildman–Crippen MR) is 82.1 cm³/mol. The normalized spacial score (nSPS) is 12.7. The Morgan fingerprint density at radius 1 is 1.32 bits per heavy atom. The maximum absolute atomic E-state index is 14.0. The van der Waals surface area contributed by atoms with Gasteiger partial charge < -0.3 is 9.84 Å². The summed E-state index contributed by atoms with van der Waals surface area (Å²) in [5.41, 5.74) is -3.09. The Balaban J connectivity index is 2.75. The summed E-state index contributed by atoms with van der Waals surface area (Å²) < 4.78 is 58.2. The SMILES string of the molecule is COc1c(C(F)(F)F)ccn(C(C(=O)O)c2cc(Br)ccc2F)c1=O. The maximum Gasteiger partial charge on any atom is 0.420 e. The van der Waals surface area contributed by atoms with Crippen molar-refractivity contribution in [2.75, 3.05) is 7.11 Å². The highest BCUT2D eigenvalue weighted by Gasteiger charge is 2.37. The van der Waals surface area contributed by atoms with Crippen LogP contribution in [-0.2, 0) is 11.0 Å². The van der Waals surface area contributed by atoms with E-state index in [4.69, 9.17) is 0 Å². The summed E-state index contributed by atoms with van der Waals surface area (Å²) in [7, 11) is 0.853. The van der Waals surface area contributed by atoms with Gasteiger partial charge in [-0.2, -0.15) is 13.2 Å². The van der Waals surface area contributed by atoms with Gasteiger partial charge in [-0.15, -0.1) is 0 Å². The van der Waals surface area contributed by atoms with E-state index in [0.29, 0.717) is 21.3 Å². The first kappa shape index (κ1) is 19.0. The molecule has 0 bridgehead atoms. The van der Waals surface area contributed by atoms with E-state index in [0.717, 1.165) is 19.2 Å². The lowest BCUT2D eigenvalue weighted by Crippen LogP contribution is -2.32. The van der Waals surface area contributed by atoms with Crippen LogP contribution in [0.15, 0.2) is 39.7 Å². The Hall–Kier alpha value is -2.36. The number of aromatic nitrogens is 1. The van der Waals surface area contributed by atoms with Gasteiger partial charge in [0.2, 0.25) is 0 Å². The Kier molecular flexibility index (Phi) is 5.21. The number of nitrogens with zero attached hydrogens (tertiary/aromatic N) is 1. The van der Waals surface area contributed by atoms with Crippen LogP contribution in [0.5, 0.6) is 5.75 Å². The molecule has 1 heterocycles. The number of carbonyl (C=O) groups is 1. The molecule has 0 radical (unpaired) electrons. The van der Waals surface area contributed by atoms with Crippen LogP contribution >= 0.6 is 15.9 Å². The largest absolute Gasteiger partial charge is 0.491 e. The average Bonchev–Trinajstić information content (AvgIpc) is 2.50. The molecule has 0 fully saturated rings. The summed E-state index contributed by atoms with van der Waals surface area (Å²) in [4.78, 5) is 23.9. The fraction of sp³-hybridized carbons (Fsp3) is 0.200. The molecule has 1 aromatic carbocycles. The van der Waals surface area contributed by atoms with Gasteiger partial charge in [-0.1, -0.05) is 15.9 Å². The van der Waals surface area contributed by atoms with Gasteiger partial charge in [-0.05, 0) is 24.3 Å². The molecule has 0 aliphatic carbocycles. The average molecular weight is 424 g/mol. The molecule has 10 heteroatoms. The number of hydrogen-bond acceptors (Lipinski definition) is 3. The van der Waals surface area contributed by atoms with Gasteiger partial charge in [0.1, 0.15) is 11.4 Å². The third kappa shape index (κ3) is 3.68. The molecule has 134 valence electrons. The number of halogens is 5. The van der Waals surface area contributed by atoms with E-state index in [1.54, 1.807) is 0 Å². The first-order valence-corrected chi connectivity index (χ1v) is 7.41. The van der Waals surface area contributed by atoms with Gasteiger partial charge in [0.25, 0.3) is 5.56 Å². The van der Waals surface area contributed by atoms with Crippen molar-refractivity contribution in [3.63, 3.8) is 0 Å². The molecule has 0 saturated carbocycles. The molecule has 0 spiro atoms. The highest BCUT2D eigenvalue weighted by atomic mass is 79.9. The van der Waals surface area contributed by atoms with Crippen molar-refractivity contribution in [3.05, 3.63) is 62.2 Å². The second-order valence-corrected chi connectivity index (χ2v) is 5.80. The molecule has 1 unspecified atom stereocenters. The van der Waals surface area contributed by atoms with Crippen LogP contribution in [0.25, 0.3) is 0 Å². The van der Waals surface area contributed by atoms with Crippen LogP contribution in [0.2, 0.25) is 0 Å². The van der Waals surface area contributed by atoms with Crippen molar-refractivity contribution in [2.45, 2.75) is 12.2 Å². The molecule has 5 nitrogen and oxygen atoms in total. The van der Waals surface area contributed by atoms with Crippen LogP contribution in [0.3, 0.4) is 0 Å². The number of rotatable bonds is 4. The molecule has 0 amide bonds. The van der Waals surface area contributed by atoms with E-state index in [2.05, 4.69) is 20.7 Å². The fourth-order valence-electron chi connectivity index (χ4n) is 2.28. The molecule has 2 rings (SSSR count). The van der Waals surface area contributed by atoms with Gasteiger partial charge in [0.05, 0.1) is 7.11 Å². The lowest BCUT2D eigenvalue weighted by Gasteiger charge is -2.19. The molecular formula is C15H10BrF4NO4. The van der Waals surface area contributed by atoms with Gasteiger partial charge >= 0.3 is 12.1 Å². The van der Waals surface area contributed by atoms with E-state index in [-0.39, 0.29) is 0 Å². The number of carboxylic acid groups (broad SMARTS) is 1. The third-order valence-corrected chi connectivity index (χ3v) is 3.84. The maximum atomic E-state index is 14.0. The molecular weight excluding hydrogens is 414 g/mol. The van der Waals surface area contributed by atoms with Crippen molar-refractivity contribution >= 4 is 21.9 Å². The minimum Gasteiger partial charge on any atom is -0.491 e. The predicted octanol–water partition coefficient (Wildman–Crippen LogP) is 3.45. The van der Waals surface area contributed by atoms with Crippen molar-refractivity contribution in [1.82, 2.24) is 4.57 Å². The number of ether oxygens (including phenoxy) is 1. The number of methoxy groups -OCH3 is 1. The zero-order valence-corrected chi connectivity index (χ0v) is 14.1. The molecule has 2 aromatic rings. The number of benzene rings is 1. The van der Waals surface area contributed by atoms with E-state index in [1.165, 1.54) is 6.07 Å². The summed E-state index contributed by atoms with van der Waals surface area (Å²) >= 11 is 3.05. The van der Waals surface area contributed by atoms with Crippen molar-refractivity contribution in [1.29, 1.82) is 0 Å². The molecule has 1 atom stereocenters. The van der Waals surface area contributed by atoms with Crippen molar-refractivity contribution < 1.29 is 32.2 Å². The van der Waals surface area contributed by atoms with Crippen molar-refractivity contribution in [3.8, 4) is 5.75 Å². The Morgan fingerprint density at radius 3 is 2.48 bits per heavy atom. The third-order valence-electron chi connectivity index (χ3n) is 3.35. The van der Waals surface area contributed by atoms with E-state index in [1.807, 2.05) is 0 Å². The summed E-state index contributed by atoms with van der Waals surface area (Å²) in [5.74, 6) is -3.63. The molecule has 25 heavy (non-hydrogen) atoms. The highest BCUT2D eigenvalue weighted by Crippen LogP contribution is 2.34. The minimum atomic E-state index is -4.87. The smallest absolute Gasteiger partial charge is 0.420 e.